The fourth-order valence-corrected chi connectivity index (χ4v) is 3.38. The second-order valence-electron chi connectivity index (χ2n) is 6.56. The van der Waals surface area contributed by atoms with Crippen LogP contribution in [0.15, 0.2) is 35.0 Å². The smallest absolute Gasteiger partial charge is 0.223 e. The largest absolute Gasteiger partial charge is 0.440 e. The van der Waals surface area contributed by atoms with Crippen molar-refractivity contribution in [3.8, 4) is 0 Å². The van der Waals surface area contributed by atoms with Gasteiger partial charge in [0.25, 0.3) is 0 Å². The van der Waals surface area contributed by atoms with Crippen LogP contribution in [0.3, 0.4) is 0 Å². The predicted octanol–water partition coefficient (Wildman–Crippen LogP) is 2.30. The Morgan fingerprint density at radius 1 is 1.36 bits per heavy atom. The molecule has 0 bridgehead atoms. The number of amides is 1. The fraction of sp³-hybridized carbons (Fsp3) is 0.444. The van der Waals surface area contributed by atoms with Gasteiger partial charge in [-0.15, -0.1) is 10.2 Å². The van der Waals surface area contributed by atoms with Gasteiger partial charge < -0.3 is 13.9 Å². The Kier molecular flexibility index (Phi) is 4.21. The first-order valence-electron chi connectivity index (χ1n) is 8.67. The van der Waals surface area contributed by atoms with Crippen LogP contribution in [0.25, 0.3) is 11.1 Å². The minimum atomic E-state index is 0.156. The molecule has 2 aromatic heterocycles. The maximum atomic E-state index is 12.6. The van der Waals surface area contributed by atoms with Crippen molar-refractivity contribution in [3.63, 3.8) is 0 Å². The number of aryl methyl sites for hydroxylation is 2. The molecule has 3 aromatic rings. The first kappa shape index (κ1) is 15.8. The summed E-state index contributed by atoms with van der Waals surface area (Å²) in [6, 6.07) is 7.78. The molecule has 25 heavy (non-hydrogen) atoms. The lowest BCUT2D eigenvalue weighted by atomic mass is 9.97. The number of carbonyl (C=O) groups is 1. The van der Waals surface area contributed by atoms with Gasteiger partial charge in [-0.2, -0.15) is 0 Å². The maximum absolute atomic E-state index is 12.6. The molecular formula is C18H21N5O2. The van der Waals surface area contributed by atoms with Crippen molar-refractivity contribution in [1.29, 1.82) is 0 Å². The van der Waals surface area contributed by atoms with E-state index in [0.29, 0.717) is 19.4 Å². The molecule has 130 valence electrons. The van der Waals surface area contributed by atoms with E-state index in [4.69, 9.17) is 4.42 Å². The Labute approximate surface area is 145 Å². The Bertz CT molecular complexity index is 851. The number of oxazole rings is 1. The van der Waals surface area contributed by atoms with Gasteiger partial charge in [0, 0.05) is 33.0 Å². The highest BCUT2D eigenvalue weighted by Crippen LogP contribution is 2.29. The molecule has 1 aliphatic rings. The summed E-state index contributed by atoms with van der Waals surface area (Å²) in [6.07, 6.45) is 4.69. The van der Waals surface area contributed by atoms with E-state index in [-0.39, 0.29) is 11.8 Å². The number of rotatable bonds is 4. The van der Waals surface area contributed by atoms with Crippen molar-refractivity contribution in [2.75, 3.05) is 13.1 Å². The van der Waals surface area contributed by atoms with Gasteiger partial charge in [0.1, 0.15) is 17.7 Å². The molecule has 0 N–H and O–H groups in total. The predicted molar refractivity (Wildman–Crippen MR) is 91.9 cm³/mol. The van der Waals surface area contributed by atoms with Gasteiger partial charge in [-0.1, -0.05) is 12.1 Å². The molecule has 0 aliphatic carbocycles. The van der Waals surface area contributed by atoms with Gasteiger partial charge in [0.05, 0.1) is 5.92 Å². The Balaban J connectivity index is 1.41. The Hall–Kier alpha value is -2.70. The lowest BCUT2D eigenvalue weighted by molar-refractivity contribution is -0.132. The van der Waals surface area contributed by atoms with Gasteiger partial charge in [0.15, 0.2) is 11.5 Å². The minimum Gasteiger partial charge on any atom is -0.440 e. The quantitative estimate of drug-likeness (QED) is 0.729. The number of likely N-dealkylation sites (tertiary alicyclic amines) is 1. The fourth-order valence-electron chi connectivity index (χ4n) is 3.38. The minimum absolute atomic E-state index is 0.156. The van der Waals surface area contributed by atoms with Crippen molar-refractivity contribution in [2.24, 2.45) is 7.05 Å². The Morgan fingerprint density at radius 3 is 3.04 bits per heavy atom. The molecule has 0 radical (unpaired) electrons. The van der Waals surface area contributed by atoms with Crippen LogP contribution in [0, 0.1) is 0 Å². The summed E-state index contributed by atoms with van der Waals surface area (Å²) < 4.78 is 7.75. The number of nitrogens with zero attached hydrogens (tertiary/aromatic N) is 5. The Morgan fingerprint density at radius 2 is 2.24 bits per heavy atom. The number of carbonyl (C=O) groups excluding carboxylic acids is 1. The summed E-state index contributed by atoms with van der Waals surface area (Å²) in [5, 5.41) is 7.89. The monoisotopic (exact) mass is 339 g/mol. The molecule has 0 unspecified atom stereocenters. The van der Waals surface area contributed by atoms with E-state index in [1.807, 2.05) is 40.8 Å². The van der Waals surface area contributed by atoms with Crippen LogP contribution in [0.5, 0.6) is 0 Å². The molecule has 0 saturated carbocycles. The zero-order chi connectivity index (χ0) is 17.2. The second-order valence-corrected chi connectivity index (χ2v) is 6.56. The molecule has 1 aliphatic heterocycles. The average molecular weight is 339 g/mol. The molecule has 7 heteroatoms. The highest BCUT2D eigenvalue weighted by Gasteiger charge is 2.28. The van der Waals surface area contributed by atoms with Crippen molar-refractivity contribution in [2.45, 2.75) is 31.6 Å². The van der Waals surface area contributed by atoms with E-state index in [1.165, 1.54) is 0 Å². The molecule has 1 aromatic carbocycles. The second kappa shape index (κ2) is 6.66. The third-order valence-electron chi connectivity index (χ3n) is 4.80. The van der Waals surface area contributed by atoms with Crippen molar-refractivity contribution >= 4 is 17.0 Å². The number of aromatic nitrogens is 4. The molecule has 1 saturated heterocycles. The summed E-state index contributed by atoms with van der Waals surface area (Å²) in [4.78, 5) is 19.1. The first-order chi connectivity index (χ1) is 12.2. The molecule has 0 spiro atoms. The van der Waals surface area contributed by atoms with Gasteiger partial charge in [0.2, 0.25) is 5.91 Å². The van der Waals surface area contributed by atoms with Crippen LogP contribution in [0.1, 0.15) is 36.9 Å². The zero-order valence-corrected chi connectivity index (χ0v) is 14.3. The number of benzene rings is 1. The number of hydrogen-bond acceptors (Lipinski definition) is 5. The normalized spacial score (nSPS) is 18.0. The maximum Gasteiger partial charge on any atom is 0.223 e. The lowest BCUT2D eigenvalue weighted by Gasteiger charge is -2.31. The molecule has 3 heterocycles. The van der Waals surface area contributed by atoms with Crippen LogP contribution in [-0.2, 0) is 18.3 Å². The van der Waals surface area contributed by atoms with Crippen LogP contribution in [0.2, 0.25) is 0 Å². The molecule has 4 rings (SSSR count). The van der Waals surface area contributed by atoms with Crippen LogP contribution >= 0.6 is 0 Å². The highest BCUT2D eigenvalue weighted by molar-refractivity contribution is 5.76. The van der Waals surface area contributed by atoms with Crippen LogP contribution in [0.4, 0.5) is 0 Å². The molecule has 1 fully saturated rings. The van der Waals surface area contributed by atoms with Crippen molar-refractivity contribution in [3.05, 3.63) is 42.3 Å². The van der Waals surface area contributed by atoms with E-state index >= 15 is 0 Å². The van der Waals surface area contributed by atoms with Gasteiger partial charge >= 0.3 is 0 Å². The van der Waals surface area contributed by atoms with E-state index in [2.05, 4.69) is 15.2 Å². The van der Waals surface area contributed by atoms with Crippen molar-refractivity contribution < 1.29 is 9.21 Å². The highest BCUT2D eigenvalue weighted by atomic mass is 16.3. The van der Waals surface area contributed by atoms with E-state index < -0.39 is 0 Å². The summed E-state index contributed by atoms with van der Waals surface area (Å²) in [5.74, 6) is 1.90. The van der Waals surface area contributed by atoms with E-state index in [0.717, 1.165) is 42.2 Å². The summed E-state index contributed by atoms with van der Waals surface area (Å²) in [7, 11) is 1.89. The topological polar surface area (TPSA) is 77.1 Å². The standard InChI is InChI=1S/C18H21N5O2/c1-22-12-19-21-16(22)8-9-17(24)23-10-4-5-13(11-23)18-20-14-6-2-3-7-15(14)25-18/h2-3,6-7,12-13H,4-5,8-11H2,1H3/t13-/m1/s1. The SMILES string of the molecule is Cn1cnnc1CCC(=O)N1CCC[C@@H](c2nc3ccccc3o2)C1. The third-order valence-corrected chi connectivity index (χ3v) is 4.80. The third kappa shape index (κ3) is 3.26. The van der Waals surface area contributed by atoms with Crippen molar-refractivity contribution in [1.82, 2.24) is 24.6 Å². The van der Waals surface area contributed by atoms with Gasteiger partial charge in [-0.25, -0.2) is 4.98 Å². The number of piperidine rings is 1. The average Bonchev–Trinajstić information content (AvgIpc) is 3.25. The van der Waals surface area contributed by atoms with E-state index in [1.54, 1.807) is 6.33 Å². The van der Waals surface area contributed by atoms with E-state index in [9.17, 15) is 4.79 Å². The van der Waals surface area contributed by atoms with Crippen LogP contribution in [-0.4, -0.2) is 43.6 Å². The van der Waals surface area contributed by atoms with Gasteiger partial charge in [-0.05, 0) is 25.0 Å². The zero-order valence-electron chi connectivity index (χ0n) is 14.3. The van der Waals surface area contributed by atoms with Gasteiger partial charge in [-0.3, -0.25) is 4.79 Å². The molecule has 1 atom stereocenters. The number of fused-ring (bicyclic) bond motifs is 1. The number of hydrogen-bond donors (Lipinski definition) is 0. The van der Waals surface area contributed by atoms with Crippen LogP contribution < -0.4 is 0 Å². The molecule has 7 nitrogen and oxygen atoms in total. The molecule has 1 amide bonds. The first-order valence-corrected chi connectivity index (χ1v) is 8.67. The summed E-state index contributed by atoms with van der Waals surface area (Å²) in [6.45, 7) is 1.47. The number of para-hydroxylation sites is 2. The molecular weight excluding hydrogens is 318 g/mol. The summed E-state index contributed by atoms with van der Waals surface area (Å²) in [5.41, 5.74) is 1.69. The lowest BCUT2D eigenvalue weighted by Crippen LogP contribution is -2.39. The summed E-state index contributed by atoms with van der Waals surface area (Å²) >= 11 is 0.